The summed E-state index contributed by atoms with van der Waals surface area (Å²) in [5.74, 6) is -0.301. The number of piperidine rings is 1. The van der Waals surface area contributed by atoms with Crippen molar-refractivity contribution in [3.63, 3.8) is 0 Å². The molecule has 0 bridgehead atoms. The number of hydrogen-bond donors (Lipinski definition) is 1. The zero-order valence-corrected chi connectivity index (χ0v) is 13.3. The van der Waals surface area contributed by atoms with E-state index in [1.54, 1.807) is 59.1 Å². The Bertz CT molecular complexity index is 707. The number of likely N-dealkylation sites (N-methyl/N-ethyl adjacent to an activating group) is 1. The lowest BCUT2D eigenvalue weighted by Crippen LogP contribution is -2.59. The van der Waals surface area contributed by atoms with Crippen molar-refractivity contribution in [2.45, 2.75) is 18.4 Å². The molecule has 1 aliphatic heterocycles. The van der Waals surface area contributed by atoms with Gasteiger partial charge in [-0.25, -0.2) is 0 Å². The molecule has 0 aromatic carbocycles. The van der Waals surface area contributed by atoms with E-state index in [9.17, 15) is 9.59 Å². The van der Waals surface area contributed by atoms with Crippen LogP contribution in [0.5, 0.6) is 0 Å². The number of aromatic nitrogens is 4. The van der Waals surface area contributed by atoms with E-state index in [1.165, 1.54) is 0 Å². The third-order valence-corrected chi connectivity index (χ3v) is 4.28. The molecule has 2 aromatic heterocycles. The molecule has 0 spiro atoms. The van der Waals surface area contributed by atoms with Gasteiger partial charge in [0.25, 0.3) is 5.91 Å². The highest BCUT2D eigenvalue weighted by atomic mass is 16.2. The van der Waals surface area contributed by atoms with E-state index >= 15 is 0 Å². The summed E-state index contributed by atoms with van der Waals surface area (Å²) in [6.45, 7) is 0.888. The molecule has 1 fully saturated rings. The minimum absolute atomic E-state index is 0.139. The van der Waals surface area contributed by atoms with Gasteiger partial charge in [-0.15, -0.1) is 0 Å². The summed E-state index contributed by atoms with van der Waals surface area (Å²) in [5, 5.41) is 11.1. The van der Waals surface area contributed by atoms with Gasteiger partial charge in [0.05, 0.1) is 6.54 Å². The fourth-order valence-electron chi connectivity index (χ4n) is 3.13. The van der Waals surface area contributed by atoms with Crippen LogP contribution >= 0.6 is 0 Å². The second-order valence-corrected chi connectivity index (χ2v) is 5.77. The number of nitrogens with one attached hydrogen (secondary N) is 1. The summed E-state index contributed by atoms with van der Waals surface area (Å²) in [4.78, 5) is 26.9. The van der Waals surface area contributed by atoms with Crippen molar-refractivity contribution in [1.82, 2.24) is 29.8 Å². The molecule has 0 saturated carbocycles. The van der Waals surface area contributed by atoms with Crippen LogP contribution in [-0.2, 0) is 17.4 Å². The van der Waals surface area contributed by atoms with Crippen molar-refractivity contribution < 1.29 is 9.59 Å². The van der Waals surface area contributed by atoms with E-state index in [1.807, 2.05) is 0 Å². The van der Waals surface area contributed by atoms with E-state index in [4.69, 9.17) is 0 Å². The first kappa shape index (κ1) is 15.3. The van der Waals surface area contributed by atoms with Crippen LogP contribution in [0.1, 0.15) is 23.3 Å². The number of amides is 2. The number of hydrogen-bond acceptors (Lipinski definition) is 4. The third kappa shape index (κ3) is 2.60. The molecule has 3 heterocycles. The maximum Gasteiger partial charge on any atom is 0.274 e. The van der Waals surface area contributed by atoms with Crippen LogP contribution in [0.2, 0.25) is 0 Å². The van der Waals surface area contributed by atoms with Crippen LogP contribution in [0, 0.1) is 0 Å². The van der Waals surface area contributed by atoms with Gasteiger partial charge in [0, 0.05) is 39.2 Å². The molecule has 1 unspecified atom stereocenters. The molecule has 8 heteroatoms. The minimum Gasteiger partial charge on any atom is -0.357 e. The molecule has 1 saturated heterocycles. The zero-order valence-electron chi connectivity index (χ0n) is 13.3. The molecule has 0 radical (unpaired) electrons. The lowest BCUT2D eigenvalue weighted by Gasteiger charge is -2.41. The molecule has 122 valence electrons. The van der Waals surface area contributed by atoms with Crippen LogP contribution < -0.4 is 5.32 Å². The Morgan fingerprint density at radius 2 is 2.17 bits per heavy atom. The van der Waals surface area contributed by atoms with Crippen molar-refractivity contribution in [2.75, 3.05) is 20.1 Å². The van der Waals surface area contributed by atoms with E-state index in [0.717, 1.165) is 6.42 Å². The van der Waals surface area contributed by atoms with Crippen molar-refractivity contribution in [2.24, 2.45) is 7.05 Å². The highest BCUT2D eigenvalue weighted by Crippen LogP contribution is 2.29. The molecule has 1 N–H and O–H groups in total. The SMILES string of the molecule is CNC(=O)C1(n2cccn2)CCCN(C(=O)c2ccn(C)n2)C1. The predicted molar refractivity (Wildman–Crippen MR) is 82.6 cm³/mol. The third-order valence-electron chi connectivity index (χ3n) is 4.28. The average Bonchev–Trinajstić information content (AvgIpc) is 3.25. The lowest BCUT2D eigenvalue weighted by molar-refractivity contribution is -0.132. The molecular formula is C15H20N6O2. The summed E-state index contributed by atoms with van der Waals surface area (Å²) in [5.41, 5.74) is -0.485. The Morgan fingerprint density at radius 1 is 1.35 bits per heavy atom. The first-order valence-corrected chi connectivity index (χ1v) is 7.58. The highest BCUT2D eigenvalue weighted by Gasteiger charge is 2.45. The van der Waals surface area contributed by atoms with Gasteiger partial charge in [0.2, 0.25) is 5.91 Å². The van der Waals surface area contributed by atoms with Crippen LogP contribution in [0.4, 0.5) is 0 Å². The Labute approximate surface area is 134 Å². The zero-order chi connectivity index (χ0) is 16.4. The first-order chi connectivity index (χ1) is 11.1. The smallest absolute Gasteiger partial charge is 0.274 e. The molecule has 1 atom stereocenters. The number of nitrogens with zero attached hydrogens (tertiary/aromatic N) is 5. The summed E-state index contributed by atoms with van der Waals surface area (Å²) in [6.07, 6.45) is 6.51. The molecule has 2 aromatic rings. The number of rotatable bonds is 3. The number of likely N-dealkylation sites (tertiary alicyclic amines) is 1. The Kier molecular flexibility index (Phi) is 3.89. The number of carbonyl (C=O) groups is 2. The summed E-state index contributed by atoms with van der Waals surface area (Å²) >= 11 is 0. The van der Waals surface area contributed by atoms with Gasteiger partial charge >= 0.3 is 0 Å². The predicted octanol–water partition coefficient (Wildman–Crippen LogP) is -0.00590. The van der Waals surface area contributed by atoms with E-state index in [0.29, 0.717) is 18.7 Å². The molecule has 3 rings (SSSR count). The second-order valence-electron chi connectivity index (χ2n) is 5.77. The van der Waals surface area contributed by atoms with Crippen LogP contribution in [0.25, 0.3) is 0 Å². The standard InChI is InChI=1S/C15H20N6O2/c1-16-14(23)15(21-9-4-7-17-21)6-3-8-20(11-15)13(22)12-5-10-19(2)18-12/h4-5,7,9-10H,3,6,8,11H2,1-2H3,(H,16,23). The van der Waals surface area contributed by atoms with Crippen molar-refractivity contribution in [3.05, 3.63) is 36.4 Å². The minimum atomic E-state index is -0.874. The largest absolute Gasteiger partial charge is 0.357 e. The topological polar surface area (TPSA) is 85.0 Å². The molecule has 1 aliphatic rings. The highest BCUT2D eigenvalue weighted by molar-refractivity contribution is 5.93. The van der Waals surface area contributed by atoms with Gasteiger partial charge in [-0.2, -0.15) is 10.2 Å². The van der Waals surface area contributed by atoms with E-state index in [2.05, 4.69) is 15.5 Å². The van der Waals surface area contributed by atoms with Gasteiger partial charge in [0.15, 0.2) is 5.54 Å². The number of carbonyl (C=O) groups excluding carboxylic acids is 2. The second kappa shape index (κ2) is 5.86. The molecular weight excluding hydrogens is 296 g/mol. The molecule has 0 aliphatic carbocycles. The first-order valence-electron chi connectivity index (χ1n) is 7.58. The summed E-state index contributed by atoms with van der Waals surface area (Å²) in [6, 6.07) is 3.47. The lowest BCUT2D eigenvalue weighted by atomic mass is 9.87. The monoisotopic (exact) mass is 316 g/mol. The van der Waals surface area contributed by atoms with Crippen LogP contribution in [0.15, 0.2) is 30.7 Å². The van der Waals surface area contributed by atoms with Gasteiger partial charge in [-0.3, -0.25) is 19.0 Å². The normalized spacial score (nSPS) is 21.2. The Balaban J connectivity index is 1.91. The Hall–Kier alpha value is -2.64. The average molecular weight is 316 g/mol. The summed E-state index contributed by atoms with van der Waals surface area (Å²) in [7, 11) is 3.37. The number of aryl methyl sites for hydroxylation is 1. The van der Waals surface area contributed by atoms with Gasteiger partial charge in [0.1, 0.15) is 5.69 Å². The van der Waals surface area contributed by atoms with Crippen molar-refractivity contribution in [1.29, 1.82) is 0 Å². The molecule has 8 nitrogen and oxygen atoms in total. The van der Waals surface area contributed by atoms with Crippen molar-refractivity contribution >= 4 is 11.8 Å². The van der Waals surface area contributed by atoms with Crippen LogP contribution in [-0.4, -0.2) is 56.4 Å². The molecule has 2 amide bonds. The quantitative estimate of drug-likeness (QED) is 0.863. The van der Waals surface area contributed by atoms with Crippen LogP contribution in [0.3, 0.4) is 0 Å². The van der Waals surface area contributed by atoms with Gasteiger partial charge < -0.3 is 10.2 Å². The van der Waals surface area contributed by atoms with Crippen molar-refractivity contribution in [3.8, 4) is 0 Å². The summed E-state index contributed by atoms with van der Waals surface area (Å²) < 4.78 is 3.25. The fourth-order valence-corrected chi connectivity index (χ4v) is 3.13. The maximum absolute atomic E-state index is 12.7. The Morgan fingerprint density at radius 3 is 2.78 bits per heavy atom. The van der Waals surface area contributed by atoms with E-state index in [-0.39, 0.29) is 18.4 Å². The van der Waals surface area contributed by atoms with Gasteiger partial charge in [-0.1, -0.05) is 0 Å². The maximum atomic E-state index is 12.7. The van der Waals surface area contributed by atoms with E-state index < -0.39 is 5.54 Å². The molecule has 23 heavy (non-hydrogen) atoms. The fraction of sp³-hybridized carbons (Fsp3) is 0.467. The van der Waals surface area contributed by atoms with Gasteiger partial charge in [-0.05, 0) is 25.0 Å².